The standard InChI is InChI=1S/C12H19N5/c1-4-13-10-9-17-8-7-14-11(17)12(15-10)16(5-2)6-3/h7-9,13H,4-6H2,1-3H3. The van der Waals surface area contributed by atoms with E-state index in [-0.39, 0.29) is 0 Å². The second-order valence-corrected chi connectivity index (χ2v) is 3.81. The average Bonchev–Trinajstić information content (AvgIpc) is 2.79. The Morgan fingerprint density at radius 3 is 2.71 bits per heavy atom. The zero-order valence-electron chi connectivity index (χ0n) is 10.6. The van der Waals surface area contributed by atoms with E-state index in [1.54, 1.807) is 6.20 Å². The van der Waals surface area contributed by atoms with E-state index in [1.165, 1.54) is 0 Å². The summed E-state index contributed by atoms with van der Waals surface area (Å²) >= 11 is 0. The second kappa shape index (κ2) is 5.03. The molecule has 0 saturated carbocycles. The van der Waals surface area contributed by atoms with Crippen molar-refractivity contribution in [1.82, 2.24) is 14.4 Å². The first-order valence-corrected chi connectivity index (χ1v) is 6.12. The molecule has 0 aromatic carbocycles. The van der Waals surface area contributed by atoms with Gasteiger partial charge in [0.1, 0.15) is 5.82 Å². The fourth-order valence-electron chi connectivity index (χ4n) is 1.92. The Labute approximate surface area is 101 Å². The smallest absolute Gasteiger partial charge is 0.180 e. The summed E-state index contributed by atoms with van der Waals surface area (Å²) in [6, 6.07) is 0. The number of hydrogen-bond acceptors (Lipinski definition) is 4. The Hall–Kier alpha value is -1.78. The number of aromatic nitrogens is 3. The van der Waals surface area contributed by atoms with E-state index in [2.05, 4.69) is 41.0 Å². The fraction of sp³-hybridized carbons (Fsp3) is 0.500. The molecule has 0 bridgehead atoms. The van der Waals surface area contributed by atoms with E-state index >= 15 is 0 Å². The van der Waals surface area contributed by atoms with Crippen molar-refractivity contribution >= 4 is 17.3 Å². The minimum absolute atomic E-state index is 0.866. The third-order valence-corrected chi connectivity index (χ3v) is 2.78. The van der Waals surface area contributed by atoms with E-state index in [1.807, 2.05) is 16.8 Å². The summed E-state index contributed by atoms with van der Waals surface area (Å²) in [6.45, 7) is 9.06. The lowest BCUT2D eigenvalue weighted by Crippen LogP contribution is -2.24. The first kappa shape index (κ1) is 11.7. The molecule has 2 heterocycles. The molecular weight excluding hydrogens is 214 g/mol. The molecule has 0 fully saturated rings. The van der Waals surface area contributed by atoms with Crippen LogP contribution in [-0.4, -0.2) is 34.0 Å². The molecule has 0 atom stereocenters. The van der Waals surface area contributed by atoms with Crippen molar-refractivity contribution < 1.29 is 0 Å². The molecule has 2 aromatic rings. The molecule has 0 aliphatic rings. The lowest BCUT2D eigenvalue weighted by atomic mass is 10.4. The van der Waals surface area contributed by atoms with Gasteiger partial charge < -0.3 is 14.6 Å². The lowest BCUT2D eigenvalue weighted by molar-refractivity contribution is 0.843. The highest BCUT2D eigenvalue weighted by molar-refractivity contribution is 5.66. The molecule has 1 N–H and O–H groups in total. The molecular formula is C12H19N5. The highest BCUT2D eigenvalue weighted by atomic mass is 15.2. The maximum Gasteiger partial charge on any atom is 0.180 e. The predicted octanol–water partition coefficient (Wildman–Crippen LogP) is 2.01. The molecule has 0 saturated heterocycles. The van der Waals surface area contributed by atoms with Crippen molar-refractivity contribution in [3.8, 4) is 0 Å². The van der Waals surface area contributed by atoms with Crippen molar-refractivity contribution in [3.63, 3.8) is 0 Å². The van der Waals surface area contributed by atoms with Gasteiger partial charge in [-0.1, -0.05) is 0 Å². The zero-order chi connectivity index (χ0) is 12.3. The third kappa shape index (κ3) is 2.18. The van der Waals surface area contributed by atoms with Gasteiger partial charge in [-0.3, -0.25) is 0 Å². The van der Waals surface area contributed by atoms with Crippen molar-refractivity contribution in [2.75, 3.05) is 29.9 Å². The summed E-state index contributed by atoms with van der Waals surface area (Å²) in [5.74, 6) is 1.83. The van der Waals surface area contributed by atoms with Crippen LogP contribution in [0.2, 0.25) is 0 Å². The van der Waals surface area contributed by atoms with Crippen LogP contribution in [0, 0.1) is 0 Å². The van der Waals surface area contributed by atoms with Crippen LogP contribution in [-0.2, 0) is 0 Å². The molecule has 0 radical (unpaired) electrons. The summed E-state index contributed by atoms with van der Waals surface area (Å²) in [6.07, 6.45) is 5.73. The second-order valence-electron chi connectivity index (χ2n) is 3.81. The number of anilines is 2. The Morgan fingerprint density at radius 2 is 2.06 bits per heavy atom. The first-order valence-electron chi connectivity index (χ1n) is 6.12. The van der Waals surface area contributed by atoms with Crippen molar-refractivity contribution in [2.24, 2.45) is 0 Å². The fourth-order valence-corrected chi connectivity index (χ4v) is 1.92. The van der Waals surface area contributed by atoms with Crippen LogP contribution in [0.25, 0.3) is 5.65 Å². The van der Waals surface area contributed by atoms with Gasteiger partial charge in [0.15, 0.2) is 11.5 Å². The number of nitrogens with one attached hydrogen (secondary N) is 1. The normalized spacial score (nSPS) is 10.8. The Morgan fingerprint density at radius 1 is 1.29 bits per heavy atom. The van der Waals surface area contributed by atoms with Crippen LogP contribution in [0.1, 0.15) is 20.8 Å². The van der Waals surface area contributed by atoms with E-state index in [0.717, 1.165) is 36.9 Å². The molecule has 5 heteroatoms. The van der Waals surface area contributed by atoms with Crippen LogP contribution in [0.15, 0.2) is 18.6 Å². The number of hydrogen-bond donors (Lipinski definition) is 1. The molecule has 2 aromatic heterocycles. The summed E-state index contributed by atoms with van der Waals surface area (Å²) in [5.41, 5.74) is 0.912. The van der Waals surface area contributed by atoms with Crippen LogP contribution in [0.4, 0.5) is 11.6 Å². The van der Waals surface area contributed by atoms with Gasteiger partial charge in [0.05, 0.1) is 6.20 Å². The Kier molecular flexibility index (Phi) is 3.46. The summed E-state index contributed by atoms with van der Waals surface area (Å²) < 4.78 is 2.01. The maximum atomic E-state index is 4.64. The topological polar surface area (TPSA) is 45.5 Å². The van der Waals surface area contributed by atoms with Gasteiger partial charge in [0, 0.05) is 32.0 Å². The summed E-state index contributed by atoms with van der Waals surface area (Å²) in [7, 11) is 0. The number of rotatable bonds is 5. The quantitative estimate of drug-likeness (QED) is 0.858. The molecule has 0 spiro atoms. The monoisotopic (exact) mass is 233 g/mol. The van der Waals surface area contributed by atoms with Crippen molar-refractivity contribution in [2.45, 2.75) is 20.8 Å². The average molecular weight is 233 g/mol. The molecule has 0 unspecified atom stereocenters. The van der Waals surface area contributed by atoms with E-state index in [9.17, 15) is 0 Å². The van der Waals surface area contributed by atoms with Crippen LogP contribution >= 0.6 is 0 Å². The van der Waals surface area contributed by atoms with Gasteiger partial charge in [-0.25, -0.2) is 9.97 Å². The highest BCUT2D eigenvalue weighted by Crippen LogP contribution is 2.20. The van der Waals surface area contributed by atoms with Crippen LogP contribution in [0.3, 0.4) is 0 Å². The Balaban J connectivity index is 2.53. The maximum absolute atomic E-state index is 4.64. The third-order valence-electron chi connectivity index (χ3n) is 2.78. The minimum atomic E-state index is 0.866. The minimum Gasteiger partial charge on any atom is -0.369 e. The lowest BCUT2D eigenvalue weighted by Gasteiger charge is -2.21. The van der Waals surface area contributed by atoms with E-state index in [4.69, 9.17) is 0 Å². The zero-order valence-corrected chi connectivity index (χ0v) is 10.6. The molecule has 5 nitrogen and oxygen atoms in total. The van der Waals surface area contributed by atoms with Crippen LogP contribution < -0.4 is 10.2 Å². The SMILES string of the molecule is CCNc1cn2ccnc2c(N(CC)CC)n1. The summed E-state index contributed by atoms with van der Waals surface area (Å²) in [5, 5.41) is 3.25. The molecule has 0 aliphatic heterocycles. The molecule has 0 amide bonds. The first-order chi connectivity index (χ1) is 8.30. The van der Waals surface area contributed by atoms with E-state index in [0.29, 0.717) is 0 Å². The van der Waals surface area contributed by atoms with Gasteiger partial charge in [-0.05, 0) is 20.8 Å². The molecule has 17 heavy (non-hydrogen) atoms. The number of imidazole rings is 1. The summed E-state index contributed by atoms with van der Waals surface area (Å²) in [4.78, 5) is 11.2. The largest absolute Gasteiger partial charge is 0.369 e. The van der Waals surface area contributed by atoms with Crippen molar-refractivity contribution in [1.29, 1.82) is 0 Å². The molecule has 2 rings (SSSR count). The van der Waals surface area contributed by atoms with Gasteiger partial charge in [0.25, 0.3) is 0 Å². The van der Waals surface area contributed by atoms with Gasteiger partial charge >= 0.3 is 0 Å². The predicted molar refractivity (Wildman–Crippen MR) is 70.7 cm³/mol. The van der Waals surface area contributed by atoms with Crippen LogP contribution in [0.5, 0.6) is 0 Å². The van der Waals surface area contributed by atoms with Gasteiger partial charge in [-0.2, -0.15) is 0 Å². The van der Waals surface area contributed by atoms with Gasteiger partial charge in [0.2, 0.25) is 0 Å². The number of fused-ring (bicyclic) bond motifs is 1. The Bertz CT molecular complexity index is 487. The highest BCUT2D eigenvalue weighted by Gasteiger charge is 2.11. The van der Waals surface area contributed by atoms with E-state index < -0.39 is 0 Å². The molecule has 92 valence electrons. The molecule has 0 aliphatic carbocycles. The number of nitrogens with zero attached hydrogens (tertiary/aromatic N) is 4. The van der Waals surface area contributed by atoms with Gasteiger partial charge in [-0.15, -0.1) is 0 Å². The van der Waals surface area contributed by atoms with Crippen molar-refractivity contribution in [3.05, 3.63) is 18.6 Å².